The van der Waals surface area contributed by atoms with Crippen LogP contribution in [0.5, 0.6) is 0 Å². The summed E-state index contributed by atoms with van der Waals surface area (Å²) in [5.74, 6) is 0. The number of benzene rings is 12. The third kappa shape index (κ3) is 7.21. The van der Waals surface area contributed by atoms with Gasteiger partial charge in [0.2, 0.25) is 0 Å². The van der Waals surface area contributed by atoms with Gasteiger partial charge in [-0.3, -0.25) is 0 Å². The standard InChI is InChI=1S/C76H47N5O/c1-2-20-57(21-3-1)80-67-27-8-6-25-62(67)64-38-33-55(46-72(64)80)53-34-39-71-65(44-53)63-26-7-11-30-70(63)79(71)58-36-31-48(32-37-58)49-15-12-16-50(41-49)51-17-13-19-56(42-51)74-76-75(78-47-77-74)66-45-54(35-40-73(66)82-76)52-18-14-22-59(43-52)81-68-28-9-4-23-60(68)61-24-5-10-29-69(61)81/h1-47H. The molecule has 0 radical (unpaired) electrons. The minimum atomic E-state index is 0.671. The average Bonchev–Trinajstić information content (AvgIpc) is 3.20. The van der Waals surface area contributed by atoms with Gasteiger partial charge in [-0.25, -0.2) is 9.97 Å². The van der Waals surface area contributed by atoms with Gasteiger partial charge in [-0.2, -0.15) is 0 Å². The Bertz CT molecular complexity index is 5350. The second-order valence-corrected chi connectivity index (χ2v) is 21.3. The van der Waals surface area contributed by atoms with Gasteiger partial charge in [0.25, 0.3) is 0 Å². The monoisotopic (exact) mass is 1050 g/mol. The topological polar surface area (TPSA) is 53.7 Å². The van der Waals surface area contributed by atoms with Crippen molar-refractivity contribution in [2.75, 3.05) is 0 Å². The minimum Gasteiger partial charge on any atom is -0.452 e. The van der Waals surface area contributed by atoms with Crippen molar-refractivity contribution in [1.82, 2.24) is 23.7 Å². The third-order valence-electron chi connectivity index (χ3n) is 16.8. The van der Waals surface area contributed by atoms with Gasteiger partial charge in [-0.15, -0.1) is 0 Å². The lowest BCUT2D eigenvalue weighted by molar-refractivity contribution is 0.667. The van der Waals surface area contributed by atoms with Crippen LogP contribution in [0.2, 0.25) is 0 Å². The molecule has 0 amide bonds. The number of hydrogen-bond acceptors (Lipinski definition) is 3. The summed E-state index contributed by atoms with van der Waals surface area (Å²) in [6, 6.07) is 101. The van der Waals surface area contributed by atoms with E-state index >= 15 is 0 Å². The quantitative estimate of drug-likeness (QED) is 0.152. The Balaban J connectivity index is 0.674. The largest absolute Gasteiger partial charge is 0.452 e. The number of nitrogens with zero attached hydrogens (tertiary/aromatic N) is 5. The van der Waals surface area contributed by atoms with Crippen molar-refractivity contribution in [2.24, 2.45) is 0 Å². The van der Waals surface area contributed by atoms with Crippen molar-refractivity contribution in [3.8, 4) is 72.8 Å². The van der Waals surface area contributed by atoms with E-state index in [0.717, 1.165) is 78.2 Å². The lowest BCUT2D eigenvalue weighted by Crippen LogP contribution is -1.94. The number of para-hydroxylation sites is 5. The van der Waals surface area contributed by atoms with Crippen LogP contribution in [0.1, 0.15) is 0 Å². The highest BCUT2D eigenvalue weighted by atomic mass is 16.3. The zero-order valence-corrected chi connectivity index (χ0v) is 44.3. The Morgan fingerprint density at radius 1 is 0.244 bits per heavy atom. The Morgan fingerprint density at radius 2 is 0.671 bits per heavy atom. The summed E-state index contributed by atoms with van der Waals surface area (Å²) < 4.78 is 13.8. The van der Waals surface area contributed by atoms with Gasteiger partial charge in [-0.1, -0.05) is 176 Å². The van der Waals surface area contributed by atoms with Crippen LogP contribution in [0.15, 0.2) is 290 Å². The van der Waals surface area contributed by atoms with E-state index < -0.39 is 0 Å². The molecule has 0 aliphatic rings. The lowest BCUT2D eigenvalue weighted by atomic mass is 9.97. The van der Waals surface area contributed by atoms with Crippen LogP contribution in [0.4, 0.5) is 0 Å². The van der Waals surface area contributed by atoms with Gasteiger partial charge in [0.1, 0.15) is 23.1 Å². The molecule has 82 heavy (non-hydrogen) atoms. The van der Waals surface area contributed by atoms with Gasteiger partial charge in [0, 0.05) is 60.3 Å². The first-order valence-electron chi connectivity index (χ1n) is 27.9. The van der Waals surface area contributed by atoms with Crippen LogP contribution in [-0.2, 0) is 0 Å². The molecule has 382 valence electrons. The minimum absolute atomic E-state index is 0.671. The van der Waals surface area contributed by atoms with E-state index in [2.05, 4.69) is 293 Å². The van der Waals surface area contributed by atoms with Crippen molar-refractivity contribution in [3.05, 3.63) is 285 Å². The molecule has 12 aromatic carbocycles. The SMILES string of the molecule is c1ccc(-n2c3ccccc3c3ccc(-c4ccc5c(c4)c4ccccc4n5-c4ccc(-c5cccc(-c6cccc(-c7ncnc8c7oc7ccc(-c9cccc(-n%10c%11ccccc%11c%11ccccc%11%10)c9)cc78)c6)c5)cc4)cc32)cc1. The maximum absolute atomic E-state index is 6.64. The Morgan fingerprint density at radius 3 is 1.34 bits per heavy atom. The highest BCUT2D eigenvalue weighted by molar-refractivity contribution is 6.13. The van der Waals surface area contributed by atoms with E-state index in [9.17, 15) is 0 Å². The Kier molecular flexibility index (Phi) is 10.2. The Labute approximate surface area is 471 Å². The second kappa shape index (κ2) is 18.2. The predicted molar refractivity (Wildman–Crippen MR) is 340 cm³/mol. The van der Waals surface area contributed by atoms with Crippen LogP contribution >= 0.6 is 0 Å². The molecule has 0 saturated carbocycles. The zero-order chi connectivity index (χ0) is 53.8. The summed E-state index contributed by atoms with van der Waals surface area (Å²) >= 11 is 0. The van der Waals surface area contributed by atoms with E-state index in [1.165, 1.54) is 76.5 Å². The molecule has 0 aliphatic carbocycles. The van der Waals surface area contributed by atoms with Crippen LogP contribution < -0.4 is 0 Å². The van der Waals surface area contributed by atoms with Gasteiger partial charge in [0.05, 0.1) is 33.1 Å². The average molecular weight is 1050 g/mol. The molecule has 17 rings (SSSR count). The summed E-state index contributed by atoms with van der Waals surface area (Å²) in [6.45, 7) is 0. The summed E-state index contributed by atoms with van der Waals surface area (Å²) in [4.78, 5) is 9.67. The summed E-state index contributed by atoms with van der Waals surface area (Å²) in [5, 5.41) is 8.40. The predicted octanol–water partition coefficient (Wildman–Crippen LogP) is 20.0. The van der Waals surface area contributed by atoms with E-state index in [0.29, 0.717) is 5.58 Å². The molecule has 0 spiro atoms. The van der Waals surface area contributed by atoms with Crippen molar-refractivity contribution < 1.29 is 4.42 Å². The second-order valence-electron chi connectivity index (χ2n) is 21.3. The van der Waals surface area contributed by atoms with Crippen molar-refractivity contribution in [3.63, 3.8) is 0 Å². The summed E-state index contributed by atoms with van der Waals surface area (Å²) in [6.07, 6.45) is 1.66. The van der Waals surface area contributed by atoms with Crippen LogP contribution in [0.25, 0.3) is 160 Å². The molecule has 0 aliphatic heterocycles. The van der Waals surface area contributed by atoms with Gasteiger partial charge in [0.15, 0.2) is 5.58 Å². The normalized spacial score (nSPS) is 11.9. The lowest BCUT2D eigenvalue weighted by Gasteiger charge is -2.11. The van der Waals surface area contributed by atoms with Gasteiger partial charge < -0.3 is 18.1 Å². The number of fused-ring (bicyclic) bond motifs is 12. The van der Waals surface area contributed by atoms with E-state index in [-0.39, 0.29) is 0 Å². The number of aromatic nitrogens is 5. The first-order valence-corrected chi connectivity index (χ1v) is 27.9. The van der Waals surface area contributed by atoms with Crippen LogP contribution in [0, 0.1) is 0 Å². The summed E-state index contributed by atoms with van der Waals surface area (Å²) in [7, 11) is 0. The maximum atomic E-state index is 6.64. The molecule has 0 atom stereocenters. The third-order valence-corrected chi connectivity index (χ3v) is 16.8. The first kappa shape index (κ1) is 45.9. The van der Waals surface area contributed by atoms with Crippen LogP contribution in [0.3, 0.4) is 0 Å². The first-order chi connectivity index (χ1) is 40.6. The molecule has 5 heterocycles. The highest BCUT2D eigenvalue weighted by Crippen LogP contribution is 2.41. The summed E-state index contributed by atoms with van der Waals surface area (Å²) in [5.41, 5.74) is 23.5. The number of rotatable bonds is 8. The molecule has 0 bridgehead atoms. The fraction of sp³-hybridized carbons (Fsp3) is 0. The maximum Gasteiger partial charge on any atom is 0.180 e. The molecule has 0 unspecified atom stereocenters. The molecule has 6 nitrogen and oxygen atoms in total. The van der Waals surface area contributed by atoms with Crippen LogP contribution in [-0.4, -0.2) is 23.7 Å². The van der Waals surface area contributed by atoms with Crippen molar-refractivity contribution in [1.29, 1.82) is 0 Å². The van der Waals surface area contributed by atoms with Crippen molar-refractivity contribution in [2.45, 2.75) is 0 Å². The zero-order valence-electron chi connectivity index (χ0n) is 44.3. The molecule has 0 fully saturated rings. The molecular weight excluding hydrogens is 999 g/mol. The smallest absolute Gasteiger partial charge is 0.180 e. The van der Waals surface area contributed by atoms with E-state index in [1.54, 1.807) is 6.33 Å². The molecular formula is C76H47N5O. The molecule has 6 heteroatoms. The van der Waals surface area contributed by atoms with E-state index in [4.69, 9.17) is 14.4 Å². The van der Waals surface area contributed by atoms with Gasteiger partial charge >= 0.3 is 0 Å². The van der Waals surface area contributed by atoms with Gasteiger partial charge in [-0.05, 0) is 148 Å². The van der Waals surface area contributed by atoms with E-state index in [1.807, 2.05) is 0 Å². The molecule has 17 aromatic rings. The Hall–Kier alpha value is -11.1. The fourth-order valence-corrected chi connectivity index (χ4v) is 13.0. The molecule has 0 N–H and O–H groups in total. The fourth-order valence-electron chi connectivity index (χ4n) is 13.0. The molecule has 0 saturated heterocycles. The number of furan rings is 1. The highest BCUT2D eigenvalue weighted by Gasteiger charge is 2.20. The molecule has 5 aromatic heterocycles. The van der Waals surface area contributed by atoms with Crippen molar-refractivity contribution >= 4 is 87.5 Å². The number of hydrogen-bond donors (Lipinski definition) is 0.